The van der Waals surface area contributed by atoms with Crippen LogP contribution >= 0.6 is 23.1 Å². The van der Waals surface area contributed by atoms with Crippen LogP contribution in [0.2, 0.25) is 0 Å². The Hall–Kier alpha value is -0.810. The molecule has 0 saturated carbocycles. The second kappa shape index (κ2) is 6.76. The maximum atomic E-state index is 4.75. The number of aromatic nitrogens is 2. The second-order valence-electron chi connectivity index (χ2n) is 5.24. The molecule has 2 aromatic rings. The number of thiophene rings is 1. The maximum Gasteiger partial charge on any atom is 0.142 e. The average molecular weight is 310 g/mol. The minimum absolute atomic E-state index is 0.605. The fourth-order valence-electron chi connectivity index (χ4n) is 1.97. The number of nitrogens with one attached hydrogen (secondary N) is 1. The van der Waals surface area contributed by atoms with Crippen molar-refractivity contribution < 1.29 is 0 Å². The zero-order chi connectivity index (χ0) is 14.7. The molecular weight excluding hydrogens is 286 g/mol. The van der Waals surface area contributed by atoms with E-state index in [1.54, 1.807) is 11.3 Å². The van der Waals surface area contributed by atoms with Crippen molar-refractivity contribution in [3.8, 4) is 0 Å². The van der Waals surface area contributed by atoms with Crippen LogP contribution in [0, 0.1) is 13.8 Å². The van der Waals surface area contributed by atoms with Gasteiger partial charge in [0.2, 0.25) is 0 Å². The largest absolute Gasteiger partial charge is 0.369 e. The molecule has 0 aliphatic carbocycles. The van der Waals surface area contributed by atoms with Gasteiger partial charge in [0.15, 0.2) is 0 Å². The van der Waals surface area contributed by atoms with Gasteiger partial charge >= 0.3 is 0 Å². The van der Waals surface area contributed by atoms with E-state index < -0.39 is 0 Å². The lowest BCUT2D eigenvalue weighted by Crippen LogP contribution is -2.06. The minimum atomic E-state index is 0.605. The predicted molar refractivity (Wildman–Crippen MR) is 92.1 cm³/mol. The van der Waals surface area contributed by atoms with Gasteiger partial charge in [-0.1, -0.05) is 20.8 Å². The summed E-state index contributed by atoms with van der Waals surface area (Å²) in [6.07, 6.45) is 1.10. The van der Waals surface area contributed by atoms with E-state index in [4.69, 9.17) is 9.97 Å². The molecule has 0 radical (unpaired) electrons. The lowest BCUT2D eigenvalue weighted by molar-refractivity contribution is 0.960. The van der Waals surface area contributed by atoms with Crippen molar-refractivity contribution in [2.45, 2.75) is 52.0 Å². The van der Waals surface area contributed by atoms with Crippen molar-refractivity contribution in [2.75, 3.05) is 11.9 Å². The highest BCUT2D eigenvalue weighted by Gasteiger charge is 2.14. The predicted octanol–water partition coefficient (Wildman–Crippen LogP) is 4.77. The van der Waals surface area contributed by atoms with Gasteiger partial charge in [-0.05, 0) is 31.1 Å². The summed E-state index contributed by atoms with van der Waals surface area (Å²) < 4.78 is 0. The van der Waals surface area contributed by atoms with Crippen molar-refractivity contribution >= 4 is 39.1 Å². The molecule has 0 aromatic carbocycles. The third-order valence-electron chi connectivity index (χ3n) is 3.16. The van der Waals surface area contributed by atoms with Crippen molar-refractivity contribution in [2.24, 2.45) is 0 Å². The normalized spacial score (nSPS) is 11.5. The molecule has 0 saturated heterocycles. The van der Waals surface area contributed by atoms with Crippen LogP contribution in [0.4, 0.5) is 5.82 Å². The van der Waals surface area contributed by atoms with Gasteiger partial charge < -0.3 is 5.32 Å². The average Bonchev–Trinajstić information content (AvgIpc) is 2.69. The van der Waals surface area contributed by atoms with Crippen LogP contribution in [-0.4, -0.2) is 21.8 Å². The number of thioether (sulfide) groups is 1. The summed E-state index contributed by atoms with van der Waals surface area (Å²) >= 11 is 3.66. The molecule has 2 rings (SSSR count). The van der Waals surface area contributed by atoms with Crippen LogP contribution in [0.15, 0.2) is 0 Å². The Labute approximate surface area is 129 Å². The summed E-state index contributed by atoms with van der Waals surface area (Å²) in [5.74, 6) is 2.83. The molecule has 3 nitrogen and oxygen atoms in total. The first kappa shape index (κ1) is 15.6. The summed E-state index contributed by atoms with van der Waals surface area (Å²) in [6.45, 7) is 11.9. The standard InChI is InChI=1S/C15H23N3S2/c1-6-7-16-14-13-10(4)11(5)20-15(13)18-12(17-14)8-19-9(2)3/h9H,6-8H2,1-5H3,(H,16,17,18). The molecule has 1 N–H and O–H groups in total. The van der Waals surface area contributed by atoms with Gasteiger partial charge in [-0.15, -0.1) is 11.3 Å². The first-order valence-corrected chi connectivity index (χ1v) is 9.01. The highest BCUT2D eigenvalue weighted by atomic mass is 32.2. The van der Waals surface area contributed by atoms with Crippen molar-refractivity contribution in [3.05, 3.63) is 16.3 Å². The maximum absolute atomic E-state index is 4.75. The zero-order valence-electron chi connectivity index (χ0n) is 12.9. The minimum Gasteiger partial charge on any atom is -0.369 e. The second-order valence-corrected chi connectivity index (χ2v) is 8.01. The lowest BCUT2D eigenvalue weighted by atomic mass is 10.2. The number of hydrogen-bond donors (Lipinski definition) is 1. The molecule has 0 atom stereocenters. The van der Waals surface area contributed by atoms with E-state index in [0.717, 1.165) is 35.2 Å². The van der Waals surface area contributed by atoms with Gasteiger partial charge in [0, 0.05) is 11.4 Å². The summed E-state index contributed by atoms with van der Waals surface area (Å²) in [6, 6.07) is 0. The highest BCUT2D eigenvalue weighted by Crippen LogP contribution is 2.33. The molecule has 0 fully saturated rings. The van der Waals surface area contributed by atoms with Gasteiger partial charge in [0.1, 0.15) is 16.5 Å². The first-order chi connectivity index (χ1) is 9.52. The zero-order valence-corrected chi connectivity index (χ0v) is 14.5. The Kier molecular flexibility index (Phi) is 5.27. The molecule has 0 unspecified atom stereocenters. The summed E-state index contributed by atoms with van der Waals surface area (Å²) in [5.41, 5.74) is 1.31. The summed E-state index contributed by atoms with van der Waals surface area (Å²) in [5, 5.41) is 5.28. The van der Waals surface area contributed by atoms with Gasteiger partial charge in [-0.2, -0.15) is 11.8 Å². The number of nitrogens with zero attached hydrogens (tertiary/aromatic N) is 2. The molecule has 20 heavy (non-hydrogen) atoms. The number of hydrogen-bond acceptors (Lipinski definition) is 5. The van der Waals surface area contributed by atoms with E-state index in [0.29, 0.717) is 5.25 Å². The first-order valence-electron chi connectivity index (χ1n) is 7.15. The van der Waals surface area contributed by atoms with Crippen LogP contribution in [-0.2, 0) is 5.75 Å². The van der Waals surface area contributed by atoms with Crippen LogP contribution in [0.1, 0.15) is 43.5 Å². The SMILES string of the molecule is CCCNc1nc(CSC(C)C)nc2sc(C)c(C)c12. The Balaban J connectivity index is 2.41. The molecular formula is C15H23N3S2. The number of fused-ring (bicyclic) bond motifs is 1. The van der Waals surface area contributed by atoms with E-state index in [2.05, 4.69) is 39.9 Å². The molecule has 0 aliphatic heterocycles. The topological polar surface area (TPSA) is 37.8 Å². The van der Waals surface area contributed by atoms with E-state index >= 15 is 0 Å². The van der Waals surface area contributed by atoms with Gasteiger partial charge in [0.25, 0.3) is 0 Å². The van der Waals surface area contributed by atoms with Crippen LogP contribution < -0.4 is 5.32 Å². The van der Waals surface area contributed by atoms with Crippen LogP contribution in [0.25, 0.3) is 10.2 Å². The molecule has 0 aliphatic rings. The molecule has 0 bridgehead atoms. The smallest absolute Gasteiger partial charge is 0.142 e. The Bertz CT molecular complexity index is 590. The van der Waals surface area contributed by atoms with E-state index in [1.807, 2.05) is 11.8 Å². The van der Waals surface area contributed by atoms with Crippen LogP contribution in [0.3, 0.4) is 0 Å². The summed E-state index contributed by atoms with van der Waals surface area (Å²) in [7, 11) is 0. The third-order valence-corrected chi connectivity index (χ3v) is 5.36. The molecule has 0 spiro atoms. The van der Waals surface area contributed by atoms with E-state index in [1.165, 1.54) is 15.8 Å². The molecule has 5 heteroatoms. The van der Waals surface area contributed by atoms with Crippen molar-refractivity contribution in [1.82, 2.24) is 9.97 Å². The quantitative estimate of drug-likeness (QED) is 0.834. The number of aryl methyl sites for hydroxylation is 2. The highest BCUT2D eigenvalue weighted by molar-refractivity contribution is 7.99. The third kappa shape index (κ3) is 3.44. The van der Waals surface area contributed by atoms with E-state index in [9.17, 15) is 0 Å². The molecule has 110 valence electrons. The van der Waals surface area contributed by atoms with Crippen molar-refractivity contribution in [3.63, 3.8) is 0 Å². The van der Waals surface area contributed by atoms with Crippen LogP contribution in [0.5, 0.6) is 0 Å². The van der Waals surface area contributed by atoms with Gasteiger partial charge in [-0.25, -0.2) is 9.97 Å². The van der Waals surface area contributed by atoms with Gasteiger partial charge in [-0.3, -0.25) is 0 Å². The summed E-state index contributed by atoms with van der Waals surface area (Å²) in [4.78, 5) is 11.9. The van der Waals surface area contributed by atoms with Crippen molar-refractivity contribution in [1.29, 1.82) is 0 Å². The lowest BCUT2D eigenvalue weighted by Gasteiger charge is -2.09. The van der Waals surface area contributed by atoms with E-state index in [-0.39, 0.29) is 0 Å². The Morgan fingerprint density at radius 1 is 1.25 bits per heavy atom. The fraction of sp³-hybridized carbons (Fsp3) is 0.600. The molecule has 2 heterocycles. The Morgan fingerprint density at radius 3 is 2.65 bits per heavy atom. The number of rotatable bonds is 6. The monoisotopic (exact) mass is 309 g/mol. The fourth-order valence-corrected chi connectivity index (χ4v) is 3.63. The molecule has 2 aromatic heterocycles. The number of anilines is 1. The molecule has 0 amide bonds. The van der Waals surface area contributed by atoms with Gasteiger partial charge in [0.05, 0.1) is 11.1 Å². The Morgan fingerprint density at radius 2 is 2.00 bits per heavy atom.